The maximum atomic E-state index is 13.8. The number of aliphatic imine (C=N–C) groups is 1. The first-order valence-electron chi connectivity index (χ1n) is 3.59. The van der Waals surface area contributed by atoms with Crippen LogP contribution in [0.2, 0.25) is 0 Å². The molecule has 0 fully saturated rings. The third-order valence-electron chi connectivity index (χ3n) is 1.92. The fourth-order valence-electron chi connectivity index (χ4n) is 1.27. The van der Waals surface area contributed by atoms with E-state index in [0.29, 0.717) is 5.70 Å². The summed E-state index contributed by atoms with van der Waals surface area (Å²) in [7, 11) is 0. The SMILES string of the molecule is O=S(O)C1(F)C=CC=C2N=CC=C21. The predicted molar refractivity (Wildman–Crippen MR) is 48.4 cm³/mol. The Balaban J connectivity index is 2.52. The lowest BCUT2D eigenvalue weighted by atomic mass is 10.0. The largest absolute Gasteiger partial charge is 0.303 e. The molecule has 1 heterocycles. The molecule has 0 amide bonds. The molecule has 3 nitrogen and oxygen atoms in total. The third-order valence-corrected chi connectivity index (χ3v) is 2.78. The number of hydrogen-bond acceptors (Lipinski definition) is 2. The van der Waals surface area contributed by atoms with Crippen LogP contribution in [0.5, 0.6) is 0 Å². The van der Waals surface area contributed by atoms with Crippen LogP contribution < -0.4 is 0 Å². The van der Waals surface area contributed by atoms with Crippen molar-refractivity contribution in [3.05, 3.63) is 35.6 Å². The summed E-state index contributed by atoms with van der Waals surface area (Å²) in [6, 6.07) is 0. The molecule has 2 aliphatic rings. The number of nitrogens with zero attached hydrogens (tertiary/aromatic N) is 1. The molecule has 2 rings (SSSR count). The lowest BCUT2D eigenvalue weighted by Gasteiger charge is -2.21. The zero-order valence-electron chi connectivity index (χ0n) is 6.48. The first kappa shape index (κ1) is 8.52. The Hall–Kier alpha value is -1.07. The molecule has 2 atom stereocenters. The van der Waals surface area contributed by atoms with Crippen LogP contribution in [-0.2, 0) is 11.1 Å². The highest BCUT2D eigenvalue weighted by Gasteiger charge is 2.42. The molecule has 2 unspecified atom stereocenters. The van der Waals surface area contributed by atoms with Gasteiger partial charge in [0.25, 0.3) is 5.00 Å². The zero-order valence-corrected chi connectivity index (χ0v) is 7.29. The molecule has 0 aromatic carbocycles. The standard InChI is InChI=1S/C8H6FNO2S/c9-8(13(11)12)4-1-2-7-6(8)3-5-10-7/h1-5H,(H,11,12). The number of fused-ring (bicyclic) bond motifs is 1. The molecule has 0 aromatic rings. The van der Waals surface area contributed by atoms with Crippen LogP contribution in [0.3, 0.4) is 0 Å². The highest BCUT2D eigenvalue weighted by Crippen LogP contribution is 2.37. The second-order valence-corrected chi connectivity index (χ2v) is 3.76. The molecule has 1 N–H and O–H groups in total. The highest BCUT2D eigenvalue weighted by molar-refractivity contribution is 7.81. The first-order chi connectivity index (χ1) is 6.14. The summed E-state index contributed by atoms with van der Waals surface area (Å²) in [4.78, 5) is 3.84. The summed E-state index contributed by atoms with van der Waals surface area (Å²) in [5.41, 5.74) is 0.559. The molecular formula is C8H6FNO2S. The normalized spacial score (nSPS) is 32.5. The van der Waals surface area contributed by atoms with Crippen LogP contribution in [0.15, 0.2) is 40.6 Å². The molecule has 1 aliphatic heterocycles. The van der Waals surface area contributed by atoms with E-state index in [2.05, 4.69) is 4.99 Å². The van der Waals surface area contributed by atoms with Crippen molar-refractivity contribution >= 4 is 17.3 Å². The Morgan fingerprint density at radius 3 is 3.00 bits per heavy atom. The van der Waals surface area contributed by atoms with E-state index in [1.807, 2.05) is 0 Å². The van der Waals surface area contributed by atoms with Crippen LogP contribution in [-0.4, -0.2) is 20.0 Å². The molecule has 5 heteroatoms. The van der Waals surface area contributed by atoms with Gasteiger partial charge >= 0.3 is 0 Å². The van der Waals surface area contributed by atoms with Crippen molar-refractivity contribution in [2.75, 3.05) is 0 Å². The van der Waals surface area contributed by atoms with Crippen LogP contribution >= 0.6 is 0 Å². The third kappa shape index (κ3) is 1.12. The second-order valence-electron chi connectivity index (χ2n) is 2.66. The molecule has 0 saturated heterocycles. The quantitative estimate of drug-likeness (QED) is 0.648. The fraction of sp³-hybridized carbons (Fsp3) is 0.125. The van der Waals surface area contributed by atoms with Crippen molar-refractivity contribution in [3.63, 3.8) is 0 Å². The number of alkyl halides is 1. The molecule has 13 heavy (non-hydrogen) atoms. The van der Waals surface area contributed by atoms with E-state index in [1.54, 1.807) is 6.08 Å². The number of rotatable bonds is 1. The van der Waals surface area contributed by atoms with E-state index in [9.17, 15) is 8.60 Å². The molecule has 0 bridgehead atoms. The number of hydrogen-bond donors (Lipinski definition) is 1. The minimum atomic E-state index is -2.57. The Kier molecular flexibility index (Phi) is 1.78. The van der Waals surface area contributed by atoms with Crippen LogP contribution in [0.4, 0.5) is 4.39 Å². The van der Waals surface area contributed by atoms with Gasteiger partial charge < -0.3 is 4.55 Å². The van der Waals surface area contributed by atoms with E-state index in [1.165, 1.54) is 18.4 Å². The lowest BCUT2D eigenvalue weighted by molar-refractivity contribution is 0.369. The minimum Gasteiger partial charge on any atom is -0.303 e. The summed E-state index contributed by atoms with van der Waals surface area (Å²) in [5.74, 6) is 0. The molecule has 68 valence electrons. The summed E-state index contributed by atoms with van der Waals surface area (Å²) in [6.45, 7) is 0. The maximum absolute atomic E-state index is 13.8. The van der Waals surface area contributed by atoms with Gasteiger partial charge in [0.15, 0.2) is 0 Å². The summed E-state index contributed by atoms with van der Waals surface area (Å²) >= 11 is -2.57. The second kappa shape index (κ2) is 2.71. The van der Waals surface area contributed by atoms with Gasteiger partial charge in [-0.2, -0.15) is 0 Å². The molecule has 0 spiro atoms. The lowest BCUT2D eigenvalue weighted by Crippen LogP contribution is -2.30. The minimum absolute atomic E-state index is 0.149. The van der Waals surface area contributed by atoms with Crippen molar-refractivity contribution in [2.45, 2.75) is 5.00 Å². The average molecular weight is 199 g/mol. The van der Waals surface area contributed by atoms with Crippen molar-refractivity contribution in [3.8, 4) is 0 Å². The van der Waals surface area contributed by atoms with E-state index >= 15 is 0 Å². The number of allylic oxidation sites excluding steroid dienone is 4. The van der Waals surface area contributed by atoms with E-state index < -0.39 is 16.1 Å². The van der Waals surface area contributed by atoms with Gasteiger partial charge in [-0.3, -0.25) is 4.99 Å². The monoisotopic (exact) mass is 199 g/mol. The summed E-state index contributed by atoms with van der Waals surface area (Å²) in [5, 5.41) is -2.30. The van der Waals surface area contributed by atoms with Crippen molar-refractivity contribution in [2.24, 2.45) is 4.99 Å². The smallest absolute Gasteiger partial charge is 0.255 e. The Bertz CT molecular complexity index is 397. The Labute approximate surface area is 76.7 Å². The van der Waals surface area contributed by atoms with Crippen LogP contribution in [0, 0.1) is 0 Å². The average Bonchev–Trinajstić information content (AvgIpc) is 2.53. The number of halogens is 1. The maximum Gasteiger partial charge on any atom is 0.255 e. The zero-order chi connectivity index (χ0) is 9.47. The first-order valence-corrected chi connectivity index (χ1v) is 4.70. The fourth-order valence-corrected chi connectivity index (χ4v) is 1.83. The van der Waals surface area contributed by atoms with Gasteiger partial charge in [-0.25, -0.2) is 8.60 Å². The van der Waals surface area contributed by atoms with Crippen molar-refractivity contribution < 1.29 is 13.2 Å². The molecule has 0 saturated carbocycles. The van der Waals surface area contributed by atoms with Crippen molar-refractivity contribution in [1.29, 1.82) is 0 Å². The van der Waals surface area contributed by atoms with Gasteiger partial charge in [-0.1, -0.05) is 6.08 Å². The van der Waals surface area contributed by atoms with Crippen LogP contribution in [0.25, 0.3) is 0 Å². The van der Waals surface area contributed by atoms with Crippen LogP contribution in [0.1, 0.15) is 0 Å². The summed E-state index contributed by atoms with van der Waals surface area (Å²) in [6.07, 6.45) is 6.87. The topological polar surface area (TPSA) is 49.7 Å². The summed E-state index contributed by atoms with van der Waals surface area (Å²) < 4.78 is 33.4. The highest BCUT2D eigenvalue weighted by atomic mass is 32.2. The molecule has 1 aliphatic carbocycles. The predicted octanol–water partition coefficient (Wildman–Crippen LogP) is 1.34. The molecule has 0 aromatic heterocycles. The molecular weight excluding hydrogens is 193 g/mol. The van der Waals surface area contributed by atoms with Gasteiger partial charge in [0.1, 0.15) is 0 Å². The Morgan fingerprint density at radius 2 is 2.31 bits per heavy atom. The molecule has 0 radical (unpaired) electrons. The van der Waals surface area contributed by atoms with E-state index in [4.69, 9.17) is 4.55 Å². The van der Waals surface area contributed by atoms with Gasteiger partial charge in [-0.05, 0) is 18.2 Å². The van der Waals surface area contributed by atoms with Gasteiger partial charge in [0.05, 0.1) is 5.70 Å². The van der Waals surface area contributed by atoms with Gasteiger partial charge in [0.2, 0.25) is 11.1 Å². The van der Waals surface area contributed by atoms with Crippen molar-refractivity contribution in [1.82, 2.24) is 0 Å². The van der Waals surface area contributed by atoms with Gasteiger partial charge in [-0.15, -0.1) is 0 Å². The van der Waals surface area contributed by atoms with Gasteiger partial charge in [0, 0.05) is 11.8 Å². The van der Waals surface area contributed by atoms with E-state index in [-0.39, 0.29) is 5.57 Å². The Morgan fingerprint density at radius 1 is 1.54 bits per heavy atom. The van der Waals surface area contributed by atoms with E-state index in [0.717, 1.165) is 6.08 Å².